The number of para-hydroxylation sites is 1. The molecule has 180 valence electrons. The van der Waals surface area contributed by atoms with Gasteiger partial charge in [-0.05, 0) is 36.3 Å². The Morgan fingerprint density at radius 3 is 2.09 bits per heavy atom. The summed E-state index contributed by atoms with van der Waals surface area (Å²) in [4.78, 5) is 0. The largest absolute Gasteiger partial charge is 0.210 e. The third kappa shape index (κ3) is 6.34. The van der Waals surface area contributed by atoms with Crippen LogP contribution in [-0.4, -0.2) is 0 Å². The summed E-state index contributed by atoms with van der Waals surface area (Å²) in [6, 6.07) is 20.3. The molecule has 0 amide bonds. The van der Waals surface area contributed by atoms with Gasteiger partial charge in [-0.2, -0.15) is 4.57 Å². The quantitative estimate of drug-likeness (QED) is 0.192. The van der Waals surface area contributed by atoms with E-state index in [9.17, 15) is 0 Å². The molecule has 0 saturated heterocycles. The summed E-state index contributed by atoms with van der Waals surface area (Å²) >= 11 is 0. The highest BCUT2D eigenvalue weighted by Gasteiger charge is 2.37. The molecule has 1 fully saturated rings. The zero-order valence-electron chi connectivity index (χ0n) is 21.4. The summed E-state index contributed by atoms with van der Waals surface area (Å²) in [7, 11) is 0. The van der Waals surface area contributed by atoms with Crippen LogP contribution in [-0.2, 0) is 0 Å². The van der Waals surface area contributed by atoms with E-state index >= 15 is 0 Å². The predicted molar refractivity (Wildman–Crippen MR) is 142 cm³/mol. The van der Waals surface area contributed by atoms with E-state index in [2.05, 4.69) is 102 Å². The minimum atomic E-state index is 0.658. The van der Waals surface area contributed by atoms with E-state index in [-0.39, 0.29) is 0 Å². The molecule has 2 nitrogen and oxygen atoms in total. The van der Waals surface area contributed by atoms with Gasteiger partial charge in [0.25, 0.3) is 0 Å². The van der Waals surface area contributed by atoms with Gasteiger partial charge < -0.3 is 0 Å². The highest BCUT2D eigenvalue weighted by Crippen LogP contribution is 2.41. The van der Waals surface area contributed by atoms with Gasteiger partial charge in [0.05, 0.1) is 0 Å². The van der Waals surface area contributed by atoms with Crippen LogP contribution in [0.15, 0.2) is 79.4 Å². The Kier molecular flexibility index (Phi) is 9.30. The molecule has 0 radical (unpaired) electrons. The maximum absolute atomic E-state index is 2.56. The Bertz CT molecular complexity index is 962. The van der Waals surface area contributed by atoms with Gasteiger partial charge in [-0.15, -0.1) is 0 Å². The van der Waals surface area contributed by atoms with Crippen LogP contribution in [0.5, 0.6) is 0 Å². The van der Waals surface area contributed by atoms with Gasteiger partial charge in [0.2, 0.25) is 5.69 Å². The van der Waals surface area contributed by atoms with Crippen molar-refractivity contribution in [2.24, 2.45) is 11.8 Å². The number of hydrogen-bond acceptors (Lipinski definition) is 0. The number of aromatic nitrogens is 2. The predicted octanol–water partition coefficient (Wildman–Crippen LogP) is 8.04. The molecule has 3 atom stereocenters. The van der Waals surface area contributed by atoms with Crippen molar-refractivity contribution in [3.8, 4) is 16.8 Å². The summed E-state index contributed by atoms with van der Waals surface area (Å²) in [6.07, 6.45) is 24.3. The first-order chi connectivity index (χ1) is 16.8. The molecule has 2 heteroatoms. The lowest BCUT2D eigenvalue weighted by molar-refractivity contribution is -0.732. The molecule has 1 aliphatic rings. The van der Waals surface area contributed by atoms with Gasteiger partial charge in [-0.25, -0.2) is 4.57 Å². The molecule has 1 aromatic carbocycles. The number of benzene rings is 1. The first-order valence-electron chi connectivity index (χ1n) is 13.9. The van der Waals surface area contributed by atoms with Gasteiger partial charge in [-0.3, -0.25) is 0 Å². The SMILES string of the molecule is CCCCCCCC([C@H]1CCCC1CCC)[n+]1ccc(-c2cc[n+](-c3ccccc3)cc2)cc1. The second kappa shape index (κ2) is 12.8. The molecule has 4 rings (SSSR count). The van der Waals surface area contributed by atoms with E-state index in [1.54, 1.807) is 0 Å². The minimum Gasteiger partial charge on any atom is -0.202 e. The van der Waals surface area contributed by atoms with E-state index in [1.165, 1.54) is 87.4 Å². The third-order valence-corrected chi connectivity index (χ3v) is 7.93. The van der Waals surface area contributed by atoms with E-state index in [0.29, 0.717) is 6.04 Å². The van der Waals surface area contributed by atoms with Crippen molar-refractivity contribution in [1.29, 1.82) is 0 Å². The van der Waals surface area contributed by atoms with Crippen molar-refractivity contribution in [3.63, 3.8) is 0 Å². The van der Waals surface area contributed by atoms with E-state index < -0.39 is 0 Å². The first-order valence-corrected chi connectivity index (χ1v) is 13.9. The first kappa shape index (κ1) is 24.6. The zero-order chi connectivity index (χ0) is 23.6. The molecular weight excluding hydrogens is 412 g/mol. The summed E-state index contributed by atoms with van der Waals surface area (Å²) in [5.74, 6) is 1.77. The molecule has 0 N–H and O–H groups in total. The number of hydrogen-bond donors (Lipinski definition) is 0. The van der Waals surface area contributed by atoms with Crippen molar-refractivity contribution >= 4 is 0 Å². The van der Waals surface area contributed by atoms with Crippen molar-refractivity contribution in [2.75, 3.05) is 0 Å². The van der Waals surface area contributed by atoms with Crippen molar-refractivity contribution in [1.82, 2.24) is 0 Å². The number of unbranched alkanes of at least 4 members (excludes halogenated alkanes) is 4. The molecule has 2 unspecified atom stereocenters. The summed E-state index contributed by atoms with van der Waals surface area (Å²) in [6.45, 7) is 4.67. The smallest absolute Gasteiger partial charge is 0.202 e. The van der Waals surface area contributed by atoms with Gasteiger partial charge in [0.15, 0.2) is 30.8 Å². The lowest BCUT2D eigenvalue weighted by atomic mass is 9.83. The molecule has 1 aliphatic carbocycles. The van der Waals surface area contributed by atoms with Crippen LogP contribution >= 0.6 is 0 Å². The van der Waals surface area contributed by atoms with Crippen LogP contribution in [0.3, 0.4) is 0 Å². The maximum atomic E-state index is 2.56. The average Bonchev–Trinajstić information content (AvgIpc) is 3.35. The fourth-order valence-corrected chi connectivity index (χ4v) is 6.09. The zero-order valence-corrected chi connectivity index (χ0v) is 21.4. The highest BCUT2D eigenvalue weighted by atomic mass is 15.0. The molecular formula is C32H44N2+2. The molecule has 0 aliphatic heterocycles. The van der Waals surface area contributed by atoms with Crippen LogP contribution in [0, 0.1) is 11.8 Å². The normalized spacial score (nSPS) is 18.8. The Morgan fingerprint density at radius 2 is 1.41 bits per heavy atom. The summed E-state index contributed by atoms with van der Waals surface area (Å²) < 4.78 is 4.74. The number of pyridine rings is 2. The van der Waals surface area contributed by atoms with Gasteiger partial charge in [0.1, 0.15) is 0 Å². The van der Waals surface area contributed by atoms with Gasteiger partial charge in [0, 0.05) is 48.7 Å². The fourth-order valence-electron chi connectivity index (χ4n) is 6.09. The van der Waals surface area contributed by atoms with Crippen LogP contribution in [0.1, 0.15) is 90.5 Å². The van der Waals surface area contributed by atoms with Crippen molar-refractivity contribution in [3.05, 3.63) is 79.4 Å². The average molecular weight is 457 g/mol. The molecule has 34 heavy (non-hydrogen) atoms. The molecule has 2 heterocycles. The molecule has 1 saturated carbocycles. The van der Waals surface area contributed by atoms with E-state index in [0.717, 1.165) is 11.8 Å². The molecule has 2 aromatic heterocycles. The number of nitrogens with zero attached hydrogens (tertiary/aromatic N) is 2. The Labute approximate surface area is 207 Å². The van der Waals surface area contributed by atoms with E-state index in [1.807, 2.05) is 0 Å². The van der Waals surface area contributed by atoms with Crippen molar-refractivity contribution in [2.45, 2.75) is 90.5 Å². The van der Waals surface area contributed by atoms with Crippen LogP contribution < -0.4 is 9.13 Å². The maximum Gasteiger partial charge on any atom is 0.210 e. The highest BCUT2D eigenvalue weighted by molar-refractivity contribution is 5.61. The standard InChI is InChI=1S/C32H44N2/c1-3-5-6-7-11-18-32(31-17-12-14-29(31)13-4-2)34-25-21-28(22-26-34)27-19-23-33(24-20-27)30-15-9-8-10-16-30/h8-10,15-16,19-26,29,31-32H,3-7,11-14,17-18H2,1-2H3/q+2/t29?,31-,32?/m0/s1. The molecule has 0 bridgehead atoms. The molecule has 0 spiro atoms. The Morgan fingerprint density at radius 1 is 0.735 bits per heavy atom. The van der Waals surface area contributed by atoms with Gasteiger partial charge >= 0.3 is 0 Å². The Balaban J connectivity index is 1.48. The van der Waals surface area contributed by atoms with Gasteiger partial charge in [-0.1, -0.05) is 77.0 Å². The van der Waals surface area contributed by atoms with E-state index in [4.69, 9.17) is 0 Å². The minimum absolute atomic E-state index is 0.658. The van der Waals surface area contributed by atoms with Crippen LogP contribution in [0.25, 0.3) is 16.8 Å². The third-order valence-electron chi connectivity index (χ3n) is 7.93. The number of rotatable bonds is 12. The Hall–Kier alpha value is -2.48. The second-order valence-corrected chi connectivity index (χ2v) is 10.3. The summed E-state index contributed by atoms with van der Waals surface area (Å²) in [5, 5.41) is 0. The fraction of sp³-hybridized carbons (Fsp3) is 0.500. The monoisotopic (exact) mass is 456 g/mol. The van der Waals surface area contributed by atoms with Crippen molar-refractivity contribution < 1.29 is 9.13 Å². The topological polar surface area (TPSA) is 7.76 Å². The molecule has 3 aromatic rings. The lowest BCUT2D eigenvalue weighted by Crippen LogP contribution is -2.44. The summed E-state index contributed by atoms with van der Waals surface area (Å²) in [5.41, 5.74) is 3.77. The van der Waals surface area contributed by atoms with Crippen LogP contribution in [0.4, 0.5) is 0 Å². The van der Waals surface area contributed by atoms with Crippen LogP contribution in [0.2, 0.25) is 0 Å². The lowest BCUT2D eigenvalue weighted by Gasteiger charge is -2.25. The second-order valence-electron chi connectivity index (χ2n) is 10.3.